The predicted octanol–water partition coefficient (Wildman–Crippen LogP) is 2.38. The Kier molecular flexibility index (Phi) is 2.99. The lowest BCUT2D eigenvalue weighted by molar-refractivity contribution is 0.00578. The standard InChI is InChI=1S/C15H19BN2O2/c1-14(2)15(3,4)20-16(19-14)12-7-5-11(6-8-12)13-9-10-17-18-13/h5-10H,1-4H3,(H,17,18). The number of nitrogens with one attached hydrogen (secondary N) is 1. The molecular formula is C15H19BN2O2. The van der Waals surface area contributed by atoms with Gasteiger partial charge in [-0.05, 0) is 44.8 Å². The van der Waals surface area contributed by atoms with Crippen molar-refractivity contribution in [2.45, 2.75) is 38.9 Å². The highest BCUT2D eigenvalue weighted by Crippen LogP contribution is 2.36. The lowest BCUT2D eigenvalue weighted by Gasteiger charge is -2.32. The second-order valence-electron chi connectivity index (χ2n) is 6.18. The van der Waals surface area contributed by atoms with Crippen molar-refractivity contribution in [1.29, 1.82) is 0 Å². The van der Waals surface area contributed by atoms with Gasteiger partial charge < -0.3 is 9.31 Å². The number of hydrogen-bond donors (Lipinski definition) is 1. The molecule has 3 rings (SSSR count). The van der Waals surface area contributed by atoms with Gasteiger partial charge in [0, 0.05) is 6.20 Å². The van der Waals surface area contributed by atoms with Crippen molar-refractivity contribution in [2.24, 2.45) is 0 Å². The van der Waals surface area contributed by atoms with Crippen molar-refractivity contribution in [2.75, 3.05) is 0 Å². The van der Waals surface area contributed by atoms with Gasteiger partial charge in [0.2, 0.25) is 0 Å². The number of H-pyrrole nitrogens is 1. The van der Waals surface area contributed by atoms with Gasteiger partial charge in [-0.15, -0.1) is 0 Å². The van der Waals surface area contributed by atoms with E-state index in [4.69, 9.17) is 9.31 Å². The topological polar surface area (TPSA) is 47.1 Å². The maximum absolute atomic E-state index is 6.04. The highest BCUT2D eigenvalue weighted by molar-refractivity contribution is 6.62. The molecule has 1 fully saturated rings. The minimum atomic E-state index is -0.309. The van der Waals surface area contributed by atoms with E-state index in [0.717, 1.165) is 16.7 Å². The fourth-order valence-corrected chi connectivity index (χ4v) is 2.22. The summed E-state index contributed by atoms with van der Waals surface area (Å²) in [5, 5.41) is 6.92. The summed E-state index contributed by atoms with van der Waals surface area (Å²) < 4.78 is 12.1. The lowest BCUT2D eigenvalue weighted by atomic mass is 9.79. The maximum atomic E-state index is 6.04. The normalized spacial score (nSPS) is 20.3. The SMILES string of the molecule is CC1(C)OB(c2ccc(-c3ccn[nH]3)cc2)OC1(C)C. The van der Waals surface area contributed by atoms with E-state index >= 15 is 0 Å². The molecule has 1 aliphatic rings. The van der Waals surface area contributed by atoms with Crippen LogP contribution in [0.5, 0.6) is 0 Å². The van der Waals surface area contributed by atoms with Crippen LogP contribution in [0.3, 0.4) is 0 Å². The summed E-state index contributed by atoms with van der Waals surface area (Å²) in [5.74, 6) is 0. The molecule has 0 saturated carbocycles. The van der Waals surface area contributed by atoms with Crippen LogP contribution in [-0.2, 0) is 9.31 Å². The van der Waals surface area contributed by atoms with Crippen LogP contribution in [0.2, 0.25) is 0 Å². The summed E-state index contributed by atoms with van der Waals surface area (Å²) in [6.07, 6.45) is 1.75. The number of benzene rings is 1. The Morgan fingerprint density at radius 2 is 1.55 bits per heavy atom. The summed E-state index contributed by atoms with van der Waals surface area (Å²) in [4.78, 5) is 0. The molecule has 4 nitrogen and oxygen atoms in total. The summed E-state index contributed by atoms with van der Waals surface area (Å²) >= 11 is 0. The largest absolute Gasteiger partial charge is 0.494 e. The quantitative estimate of drug-likeness (QED) is 0.852. The molecule has 2 aromatic rings. The van der Waals surface area contributed by atoms with Crippen LogP contribution in [0.1, 0.15) is 27.7 Å². The number of aromatic nitrogens is 2. The Morgan fingerprint density at radius 3 is 2.05 bits per heavy atom. The first-order valence-electron chi connectivity index (χ1n) is 6.84. The monoisotopic (exact) mass is 270 g/mol. The van der Waals surface area contributed by atoms with Crippen LogP contribution in [0.25, 0.3) is 11.3 Å². The third-order valence-corrected chi connectivity index (χ3v) is 4.25. The molecular weight excluding hydrogens is 251 g/mol. The molecule has 0 spiro atoms. The van der Waals surface area contributed by atoms with E-state index in [1.54, 1.807) is 6.20 Å². The summed E-state index contributed by atoms with van der Waals surface area (Å²) in [6, 6.07) is 10.1. The lowest BCUT2D eigenvalue weighted by Crippen LogP contribution is -2.41. The molecule has 0 amide bonds. The zero-order chi connectivity index (χ0) is 14.4. The Hall–Kier alpha value is -1.59. The first kappa shape index (κ1) is 13.4. The van der Waals surface area contributed by atoms with E-state index in [1.807, 2.05) is 30.3 Å². The van der Waals surface area contributed by atoms with E-state index in [2.05, 4.69) is 37.9 Å². The van der Waals surface area contributed by atoms with E-state index in [0.29, 0.717) is 0 Å². The van der Waals surface area contributed by atoms with Crippen LogP contribution < -0.4 is 5.46 Å². The molecule has 0 radical (unpaired) electrons. The summed E-state index contributed by atoms with van der Waals surface area (Å²) in [5.41, 5.74) is 2.53. The highest BCUT2D eigenvalue weighted by Gasteiger charge is 2.51. The van der Waals surface area contributed by atoms with Gasteiger partial charge in [0.05, 0.1) is 16.9 Å². The van der Waals surface area contributed by atoms with Gasteiger partial charge in [-0.2, -0.15) is 5.10 Å². The van der Waals surface area contributed by atoms with Crippen molar-refractivity contribution < 1.29 is 9.31 Å². The van der Waals surface area contributed by atoms with Crippen molar-refractivity contribution in [3.8, 4) is 11.3 Å². The van der Waals surface area contributed by atoms with Gasteiger partial charge in [0.15, 0.2) is 0 Å². The highest BCUT2D eigenvalue weighted by atomic mass is 16.7. The molecule has 104 valence electrons. The zero-order valence-electron chi connectivity index (χ0n) is 12.3. The molecule has 1 aromatic carbocycles. The van der Waals surface area contributed by atoms with E-state index < -0.39 is 0 Å². The molecule has 2 heterocycles. The van der Waals surface area contributed by atoms with Gasteiger partial charge in [-0.3, -0.25) is 5.10 Å². The summed E-state index contributed by atoms with van der Waals surface area (Å²) in [6.45, 7) is 8.25. The van der Waals surface area contributed by atoms with Gasteiger partial charge in [0.25, 0.3) is 0 Å². The molecule has 1 aromatic heterocycles. The molecule has 0 aliphatic carbocycles. The van der Waals surface area contributed by atoms with Crippen LogP contribution in [-0.4, -0.2) is 28.5 Å². The van der Waals surface area contributed by atoms with E-state index in [9.17, 15) is 0 Å². The molecule has 20 heavy (non-hydrogen) atoms. The van der Waals surface area contributed by atoms with Crippen molar-refractivity contribution in [1.82, 2.24) is 10.2 Å². The molecule has 1 N–H and O–H groups in total. The minimum absolute atomic E-state index is 0.306. The molecule has 1 saturated heterocycles. The van der Waals surface area contributed by atoms with Crippen molar-refractivity contribution in [3.63, 3.8) is 0 Å². The average Bonchev–Trinajstić information content (AvgIpc) is 2.97. The molecule has 5 heteroatoms. The Balaban J connectivity index is 1.83. The maximum Gasteiger partial charge on any atom is 0.494 e. The number of nitrogens with zero attached hydrogens (tertiary/aromatic N) is 1. The summed E-state index contributed by atoms with van der Waals surface area (Å²) in [7, 11) is -0.309. The van der Waals surface area contributed by atoms with E-state index in [-0.39, 0.29) is 18.3 Å². The first-order valence-corrected chi connectivity index (χ1v) is 6.84. The number of hydrogen-bond acceptors (Lipinski definition) is 3. The van der Waals surface area contributed by atoms with Crippen LogP contribution in [0, 0.1) is 0 Å². The van der Waals surface area contributed by atoms with Gasteiger partial charge in [-0.1, -0.05) is 24.3 Å². The van der Waals surface area contributed by atoms with Crippen LogP contribution in [0.15, 0.2) is 36.5 Å². The third kappa shape index (κ3) is 2.17. The number of aromatic amines is 1. The molecule has 1 aliphatic heterocycles. The third-order valence-electron chi connectivity index (χ3n) is 4.25. The van der Waals surface area contributed by atoms with Crippen molar-refractivity contribution >= 4 is 12.6 Å². The zero-order valence-corrected chi connectivity index (χ0v) is 12.3. The fraction of sp³-hybridized carbons (Fsp3) is 0.400. The van der Waals surface area contributed by atoms with Crippen LogP contribution >= 0.6 is 0 Å². The smallest absolute Gasteiger partial charge is 0.399 e. The minimum Gasteiger partial charge on any atom is -0.399 e. The average molecular weight is 270 g/mol. The van der Waals surface area contributed by atoms with Crippen molar-refractivity contribution in [3.05, 3.63) is 36.5 Å². The molecule has 0 unspecified atom stereocenters. The van der Waals surface area contributed by atoms with E-state index in [1.165, 1.54) is 0 Å². The Morgan fingerprint density at radius 1 is 0.950 bits per heavy atom. The second kappa shape index (κ2) is 4.47. The number of rotatable bonds is 2. The Labute approximate surface area is 119 Å². The fourth-order valence-electron chi connectivity index (χ4n) is 2.22. The van der Waals surface area contributed by atoms with Crippen LogP contribution in [0.4, 0.5) is 0 Å². The molecule has 0 atom stereocenters. The second-order valence-corrected chi connectivity index (χ2v) is 6.18. The van der Waals surface area contributed by atoms with Gasteiger partial charge in [0.1, 0.15) is 0 Å². The molecule has 0 bridgehead atoms. The Bertz CT molecular complexity index is 575. The van der Waals surface area contributed by atoms with Gasteiger partial charge >= 0.3 is 7.12 Å². The first-order chi connectivity index (χ1) is 9.39. The predicted molar refractivity (Wildman–Crippen MR) is 79.7 cm³/mol. The van der Waals surface area contributed by atoms with Gasteiger partial charge in [-0.25, -0.2) is 0 Å².